The molecule has 3 unspecified atom stereocenters. The first kappa shape index (κ1) is 12.5. The third kappa shape index (κ3) is 2.96. The number of nitrogens with one attached hydrogen (secondary N) is 1. The van der Waals surface area contributed by atoms with Crippen LogP contribution in [0.4, 0.5) is 0 Å². The molecule has 0 aromatic heterocycles. The topological polar surface area (TPSA) is 29.1 Å². The van der Waals surface area contributed by atoms with E-state index in [1.807, 2.05) is 6.92 Å². The summed E-state index contributed by atoms with van der Waals surface area (Å²) in [6, 6.07) is 0. The second-order valence-electron chi connectivity index (χ2n) is 5.23. The second kappa shape index (κ2) is 5.53. The summed E-state index contributed by atoms with van der Waals surface area (Å²) in [5.41, 5.74) is 0. The summed E-state index contributed by atoms with van der Waals surface area (Å²) in [5.74, 6) is 2.43. The lowest BCUT2D eigenvalue weighted by molar-refractivity contribution is -0.129. The van der Waals surface area contributed by atoms with Gasteiger partial charge in [-0.3, -0.25) is 4.79 Å². The van der Waals surface area contributed by atoms with E-state index in [4.69, 9.17) is 0 Å². The molecule has 1 saturated carbocycles. The molecule has 0 aromatic rings. The Kier molecular flexibility index (Phi) is 4.62. The molecule has 0 spiro atoms. The highest BCUT2D eigenvalue weighted by atomic mass is 16.1. The Balaban J connectivity index is 2.70. The van der Waals surface area contributed by atoms with E-state index < -0.39 is 0 Å². The summed E-state index contributed by atoms with van der Waals surface area (Å²) in [4.78, 5) is 11.9. The van der Waals surface area contributed by atoms with Crippen LogP contribution in [0.2, 0.25) is 0 Å². The molecule has 1 aliphatic carbocycles. The van der Waals surface area contributed by atoms with E-state index in [1.54, 1.807) is 0 Å². The lowest BCUT2D eigenvalue weighted by Crippen LogP contribution is -2.41. The molecule has 0 heterocycles. The van der Waals surface area contributed by atoms with Crippen molar-refractivity contribution in [2.75, 3.05) is 6.54 Å². The SMILES string of the molecule is CCNC(=O)C1CCCC(C)C1C(C)C. The molecule has 15 heavy (non-hydrogen) atoms. The zero-order valence-electron chi connectivity index (χ0n) is 10.5. The van der Waals surface area contributed by atoms with Crippen LogP contribution in [0, 0.1) is 23.7 Å². The maximum absolute atomic E-state index is 11.9. The van der Waals surface area contributed by atoms with Gasteiger partial charge < -0.3 is 5.32 Å². The molecule has 0 radical (unpaired) electrons. The van der Waals surface area contributed by atoms with Crippen LogP contribution in [0.5, 0.6) is 0 Å². The van der Waals surface area contributed by atoms with Crippen LogP contribution in [0.15, 0.2) is 0 Å². The van der Waals surface area contributed by atoms with Crippen LogP contribution in [0.25, 0.3) is 0 Å². The Bertz CT molecular complexity index is 213. The molecule has 1 fully saturated rings. The molecule has 0 aliphatic heterocycles. The standard InChI is InChI=1S/C13H25NO/c1-5-14-13(15)11-8-6-7-10(4)12(11)9(2)3/h9-12H,5-8H2,1-4H3,(H,14,15). The van der Waals surface area contributed by atoms with Crippen molar-refractivity contribution >= 4 is 5.91 Å². The summed E-state index contributed by atoms with van der Waals surface area (Å²) in [6.07, 6.45) is 3.59. The molecule has 88 valence electrons. The first-order chi connectivity index (χ1) is 7.07. The molecule has 0 saturated heterocycles. The first-order valence-corrected chi connectivity index (χ1v) is 6.35. The normalized spacial score (nSPS) is 31.7. The zero-order chi connectivity index (χ0) is 11.4. The average molecular weight is 211 g/mol. The van der Waals surface area contributed by atoms with Crippen molar-refractivity contribution < 1.29 is 4.79 Å². The van der Waals surface area contributed by atoms with Gasteiger partial charge in [-0.05, 0) is 31.1 Å². The van der Waals surface area contributed by atoms with Gasteiger partial charge in [0, 0.05) is 12.5 Å². The highest BCUT2D eigenvalue weighted by molar-refractivity contribution is 5.79. The molecule has 1 aliphatic rings. The monoisotopic (exact) mass is 211 g/mol. The minimum Gasteiger partial charge on any atom is -0.356 e. The largest absolute Gasteiger partial charge is 0.356 e. The minimum atomic E-state index is 0.258. The van der Waals surface area contributed by atoms with Crippen molar-refractivity contribution in [1.82, 2.24) is 5.32 Å². The summed E-state index contributed by atoms with van der Waals surface area (Å²) in [5, 5.41) is 2.98. The number of amides is 1. The van der Waals surface area contributed by atoms with E-state index >= 15 is 0 Å². The van der Waals surface area contributed by atoms with Gasteiger partial charge in [0.25, 0.3) is 0 Å². The van der Waals surface area contributed by atoms with Crippen molar-refractivity contribution in [3.8, 4) is 0 Å². The number of rotatable bonds is 3. The van der Waals surface area contributed by atoms with Gasteiger partial charge in [0.2, 0.25) is 5.91 Å². The Morgan fingerprint density at radius 3 is 2.60 bits per heavy atom. The molecule has 3 atom stereocenters. The predicted octanol–water partition coefficient (Wildman–Crippen LogP) is 2.83. The van der Waals surface area contributed by atoms with Crippen molar-refractivity contribution in [2.24, 2.45) is 23.7 Å². The molecule has 0 aromatic carbocycles. The third-order valence-electron chi connectivity index (χ3n) is 3.75. The van der Waals surface area contributed by atoms with Crippen LogP contribution >= 0.6 is 0 Å². The van der Waals surface area contributed by atoms with Gasteiger partial charge >= 0.3 is 0 Å². The van der Waals surface area contributed by atoms with E-state index in [-0.39, 0.29) is 11.8 Å². The molecule has 1 N–H and O–H groups in total. The second-order valence-corrected chi connectivity index (χ2v) is 5.23. The zero-order valence-corrected chi connectivity index (χ0v) is 10.5. The van der Waals surface area contributed by atoms with Gasteiger partial charge in [-0.15, -0.1) is 0 Å². The van der Waals surface area contributed by atoms with Crippen LogP contribution in [0.1, 0.15) is 47.0 Å². The van der Waals surface area contributed by atoms with Gasteiger partial charge in [0.05, 0.1) is 0 Å². The Morgan fingerprint density at radius 2 is 2.07 bits per heavy atom. The molecule has 2 heteroatoms. The lowest BCUT2D eigenvalue weighted by Gasteiger charge is -2.38. The Labute approximate surface area is 93.8 Å². The lowest BCUT2D eigenvalue weighted by atomic mass is 9.67. The van der Waals surface area contributed by atoms with E-state index in [0.29, 0.717) is 17.8 Å². The maximum Gasteiger partial charge on any atom is 0.223 e. The molecule has 1 rings (SSSR count). The summed E-state index contributed by atoms with van der Waals surface area (Å²) < 4.78 is 0. The number of hydrogen-bond donors (Lipinski definition) is 1. The number of carbonyl (C=O) groups excluding carboxylic acids is 1. The van der Waals surface area contributed by atoms with Crippen molar-refractivity contribution in [3.63, 3.8) is 0 Å². The fraction of sp³-hybridized carbons (Fsp3) is 0.923. The third-order valence-corrected chi connectivity index (χ3v) is 3.75. The van der Waals surface area contributed by atoms with E-state index in [1.165, 1.54) is 12.8 Å². The van der Waals surface area contributed by atoms with Crippen molar-refractivity contribution in [1.29, 1.82) is 0 Å². The summed E-state index contributed by atoms with van der Waals surface area (Å²) in [6.45, 7) is 9.55. The molecular formula is C13H25NO. The van der Waals surface area contributed by atoms with Gasteiger partial charge in [0.15, 0.2) is 0 Å². The van der Waals surface area contributed by atoms with Crippen LogP contribution in [0.3, 0.4) is 0 Å². The number of carbonyl (C=O) groups is 1. The summed E-state index contributed by atoms with van der Waals surface area (Å²) in [7, 11) is 0. The van der Waals surface area contributed by atoms with Crippen LogP contribution in [-0.4, -0.2) is 12.5 Å². The quantitative estimate of drug-likeness (QED) is 0.764. The van der Waals surface area contributed by atoms with Crippen LogP contribution < -0.4 is 5.32 Å². The fourth-order valence-corrected chi connectivity index (χ4v) is 3.17. The van der Waals surface area contributed by atoms with Crippen LogP contribution in [-0.2, 0) is 4.79 Å². The minimum absolute atomic E-state index is 0.258. The van der Waals surface area contributed by atoms with E-state index in [0.717, 1.165) is 13.0 Å². The fourth-order valence-electron chi connectivity index (χ4n) is 3.17. The van der Waals surface area contributed by atoms with E-state index in [2.05, 4.69) is 26.1 Å². The van der Waals surface area contributed by atoms with Gasteiger partial charge in [-0.2, -0.15) is 0 Å². The maximum atomic E-state index is 11.9. The predicted molar refractivity (Wildman–Crippen MR) is 63.5 cm³/mol. The molecular weight excluding hydrogens is 186 g/mol. The average Bonchev–Trinajstić information content (AvgIpc) is 2.17. The Hall–Kier alpha value is -0.530. The van der Waals surface area contributed by atoms with E-state index in [9.17, 15) is 4.79 Å². The first-order valence-electron chi connectivity index (χ1n) is 6.35. The van der Waals surface area contributed by atoms with Gasteiger partial charge in [-0.1, -0.05) is 33.6 Å². The van der Waals surface area contributed by atoms with Crippen molar-refractivity contribution in [2.45, 2.75) is 47.0 Å². The highest BCUT2D eigenvalue weighted by Crippen LogP contribution is 2.39. The number of hydrogen-bond acceptors (Lipinski definition) is 1. The molecule has 1 amide bonds. The van der Waals surface area contributed by atoms with Gasteiger partial charge in [-0.25, -0.2) is 0 Å². The summed E-state index contributed by atoms with van der Waals surface area (Å²) >= 11 is 0. The Morgan fingerprint density at radius 1 is 1.40 bits per heavy atom. The highest BCUT2D eigenvalue weighted by Gasteiger charge is 2.36. The van der Waals surface area contributed by atoms with Crippen molar-refractivity contribution in [3.05, 3.63) is 0 Å². The molecule has 2 nitrogen and oxygen atoms in total. The smallest absolute Gasteiger partial charge is 0.223 e. The molecule has 0 bridgehead atoms. The van der Waals surface area contributed by atoms with Gasteiger partial charge in [0.1, 0.15) is 0 Å².